The van der Waals surface area contributed by atoms with E-state index >= 15 is 0 Å². The number of hydrogen-bond acceptors (Lipinski definition) is 3. The van der Waals surface area contributed by atoms with Crippen LogP contribution in [0.25, 0.3) is 0 Å². The smallest absolute Gasteiger partial charge is 0.161 e. The summed E-state index contributed by atoms with van der Waals surface area (Å²) in [5.74, 6) is 2.35. The predicted octanol–water partition coefficient (Wildman–Crippen LogP) is 6.65. The lowest BCUT2D eigenvalue weighted by Gasteiger charge is -2.13. The first-order chi connectivity index (χ1) is 15.8. The van der Waals surface area contributed by atoms with Crippen LogP contribution in [0.15, 0.2) is 103 Å². The molecule has 0 heterocycles. The molecule has 0 bridgehead atoms. The van der Waals surface area contributed by atoms with E-state index in [-0.39, 0.29) is 0 Å². The lowest BCUT2D eigenvalue weighted by molar-refractivity contribution is 0.284. The van der Waals surface area contributed by atoms with E-state index in [4.69, 9.17) is 14.2 Å². The quantitative estimate of drug-likeness (QED) is 0.286. The van der Waals surface area contributed by atoms with Crippen LogP contribution in [0.2, 0.25) is 0 Å². The Hall–Kier alpha value is -3.72. The Kier molecular flexibility index (Phi) is 7.43. The standard InChI is InChI=1S/C29H27O3/c1-30-29-20-24(17-18-28(29)32-22-26-11-6-3-7-12-26)16-15-23-13-8-14-27(19-23)31-21-25-9-4-2-5-10-25/h2-15,17-20H,16,21-22H2,1H3. The molecule has 0 atom stereocenters. The molecule has 0 aromatic heterocycles. The number of rotatable bonds is 10. The fraction of sp³-hybridized carbons (Fsp3) is 0.138. The van der Waals surface area contributed by atoms with Gasteiger partial charge in [0, 0.05) is 0 Å². The lowest BCUT2D eigenvalue weighted by atomic mass is 10.0. The van der Waals surface area contributed by atoms with Crippen molar-refractivity contribution in [1.29, 1.82) is 0 Å². The topological polar surface area (TPSA) is 27.7 Å². The molecule has 3 heteroatoms. The molecule has 0 unspecified atom stereocenters. The van der Waals surface area contributed by atoms with Gasteiger partial charge in [0.1, 0.15) is 19.0 Å². The molecule has 4 aromatic rings. The van der Waals surface area contributed by atoms with Gasteiger partial charge in [0.15, 0.2) is 11.5 Å². The first-order valence-corrected chi connectivity index (χ1v) is 10.7. The molecule has 0 saturated carbocycles. The number of ether oxygens (including phenoxy) is 3. The van der Waals surface area contributed by atoms with Gasteiger partial charge in [0.05, 0.1) is 7.11 Å². The molecular weight excluding hydrogens is 396 g/mol. The minimum absolute atomic E-state index is 0.512. The largest absolute Gasteiger partial charge is 0.493 e. The average molecular weight is 424 g/mol. The molecule has 0 aliphatic carbocycles. The minimum Gasteiger partial charge on any atom is -0.493 e. The molecule has 0 aliphatic heterocycles. The van der Waals surface area contributed by atoms with Crippen molar-refractivity contribution in [3.8, 4) is 17.2 Å². The highest BCUT2D eigenvalue weighted by Crippen LogP contribution is 2.29. The normalized spacial score (nSPS) is 10.5. The van der Waals surface area contributed by atoms with E-state index in [9.17, 15) is 0 Å². The van der Waals surface area contributed by atoms with Gasteiger partial charge in [-0.15, -0.1) is 0 Å². The van der Waals surface area contributed by atoms with Crippen LogP contribution in [0.3, 0.4) is 0 Å². The first kappa shape index (κ1) is 21.5. The predicted molar refractivity (Wildman–Crippen MR) is 128 cm³/mol. The molecule has 0 saturated heterocycles. The Morgan fingerprint density at radius 2 is 1.28 bits per heavy atom. The van der Waals surface area contributed by atoms with Crippen molar-refractivity contribution in [1.82, 2.24) is 0 Å². The highest BCUT2D eigenvalue weighted by molar-refractivity contribution is 5.44. The maximum Gasteiger partial charge on any atom is 0.161 e. The maximum absolute atomic E-state index is 5.96. The van der Waals surface area contributed by atoms with Crippen LogP contribution >= 0.6 is 0 Å². The van der Waals surface area contributed by atoms with Crippen molar-refractivity contribution in [2.45, 2.75) is 19.6 Å². The summed E-state index contributed by atoms with van der Waals surface area (Å²) in [5, 5.41) is 0. The zero-order chi connectivity index (χ0) is 22.0. The Balaban J connectivity index is 1.34. The van der Waals surface area contributed by atoms with E-state index in [0.29, 0.717) is 13.2 Å². The van der Waals surface area contributed by atoms with Crippen LogP contribution in [0.1, 0.15) is 22.3 Å². The number of hydrogen-bond donors (Lipinski definition) is 0. The molecule has 32 heavy (non-hydrogen) atoms. The third-order valence-electron chi connectivity index (χ3n) is 5.15. The highest BCUT2D eigenvalue weighted by atomic mass is 16.5. The van der Waals surface area contributed by atoms with Crippen molar-refractivity contribution < 1.29 is 14.2 Å². The molecule has 1 radical (unpaired) electrons. The van der Waals surface area contributed by atoms with Crippen LogP contribution < -0.4 is 14.2 Å². The van der Waals surface area contributed by atoms with Crippen molar-refractivity contribution in [3.63, 3.8) is 0 Å². The molecule has 0 amide bonds. The van der Waals surface area contributed by atoms with Gasteiger partial charge in [-0.2, -0.15) is 0 Å². The van der Waals surface area contributed by atoms with Gasteiger partial charge in [0.2, 0.25) is 0 Å². The molecular formula is C29H27O3. The van der Waals surface area contributed by atoms with E-state index in [2.05, 4.69) is 36.8 Å². The van der Waals surface area contributed by atoms with Gasteiger partial charge in [-0.1, -0.05) is 78.9 Å². The van der Waals surface area contributed by atoms with Crippen molar-refractivity contribution in [2.75, 3.05) is 7.11 Å². The fourth-order valence-electron chi connectivity index (χ4n) is 3.40. The first-order valence-electron chi connectivity index (χ1n) is 10.7. The van der Waals surface area contributed by atoms with E-state index < -0.39 is 0 Å². The van der Waals surface area contributed by atoms with Crippen molar-refractivity contribution in [3.05, 3.63) is 132 Å². The monoisotopic (exact) mass is 423 g/mol. The summed E-state index contributed by atoms with van der Waals surface area (Å²) in [6, 6.07) is 34.6. The molecule has 161 valence electrons. The van der Waals surface area contributed by atoms with E-state index in [1.165, 1.54) is 0 Å². The highest BCUT2D eigenvalue weighted by Gasteiger charge is 2.07. The number of methoxy groups -OCH3 is 1. The van der Waals surface area contributed by atoms with Crippen molar-refractivity contribution in [2.24, 2.45) is 0 Å². The summed E-state index contributed by atoms with van der Waals surface area (Å²) < 4.78 is 17.5. The molecule has 4 rings (SSSR count). The van der Waals surface area contributed by atoms with E-state index in [1.54, 1.807) is 7.11 Å². The van der Waals surface area contributed by atoms with Gasteiger partial charge < -0.3 is 14.2 Å². The SMILES string of the molecule is COc1cc(C[CH]c2cccc(OCc3ccccc3)c2)ccc1OCc1ccccc1. The van der Waals surface area contributed by atoms with Gasteiger partial charge in [0.25, 0.3) is 0 Å². The van der Waals surface area contributed by atoms with E-state index in [0.717, 1.165) is 45.9 Å². The molecule has 3 nitrogen and oxygen atoms in total. The fourth-order valence-corrected chi connectivity index (χ4v) is 3.40. The maximum atomic E-state index is 5.96. The zero-order valence-electron chi connectivity index (χ0n) is 18.2. The second kappa shape index (κ2) is 11.1. The second-order valence-corrected chi connectivity index (χ2v) is 7.51. The number of benzene rings is 4. The Labute approximate surface area is 190 Å². The summed E-state index contributed by atoms with van der Waals surface area (Å²) >= 11 is 0. The van der Waals surface area contributed by atoms with E-state index in [1.807, 2.05) is 72.8 Å². The third kappa shape index (κ3) is 6.14. The molecule has 0 spiro atoms. The third-order valence-corrected chi connectivity index (χ3v) is 5.15. The summed E-state index contributed by atoms with van der Waals surface area (Å²) in [6.07, 6.45) is 2.98. The summed E-state index contributed by atoms with van der Waals surface area (Å²) in [6.45, 7) is 1.07. The van der Waals surface area contributed by atoms with Crippen LogP contribution in [0.4, 0.5) is 0 Å². The molecule has 0 fully saturated rings. The summed E-state index contributed by atoms with van der Waals surface area (Å²) in [4.78, 5) is 0. The molecule has 4 aromatic carbocycles. The van der Waals surface area contributed by atoms with Gasteiger partial charge in [-0.05, 0) is 59.4 Å². The van der Waals surface area contributed by atoms with Crippen LogP contribution in [0, 0.1) is 6.42 Å². The Bertz CT molecular complexity index is 1110. The second-order valence-electron chi connectivity index (χ2n) is 7.51. The van der Waals surface area contributed by atoms with Crippen LogP contribution in [-0.4, -0.2) is 7.11 Å². The summed E-state index contributed by atoms with van der Waals surface area (Å²) in [5.41, 5.74) is 4.56. The van der Waals surface area contributed by atoms with Gasteiger partial charge in [-0.3, -0.25) is 0 Å². The van der Waals surface area contributed by atoms with Crippen LogP contribution in [0.5, 0.6) is 17.2 Å². The minimum atomic E-state index is 0.512. The Morgan fingerprint density at radius 3 is 1.97 bits per heavy atom. The molecule has 0 N–H and O–H groups in total. The zero-order valence-corrected chi connectivity index (χ0v) is 18.2. The van der Waals surface area contributed by atoms with Gasteiger partial charge in [-0.25, -0.2) is 0 Å². The van der Waals surface area contributed by atoms with Crippen molar-refractivity contribution >= 4 is 0 Å². The van der Waals surface area contributed by atoms with Crippen LogP contribution in [-0.2, 0) is 19.6 Å². The molecule has 0 aliphatic rings. The summed E-state index contributed by atoms with van der Waals surface area (Å²) in [7, 11) is 1.67. The Morgan fingerprint density at radius 1 is 0.594 bits per heavy atom. The van der Waals surface area contributed by atoms with Gasteiger partial charge >= 0.3 is 0 Å². The average Bonchev–Trinajstić information content (AvgIpc) is 2.86. The lowest BCUT2D eigenvalue weighted by Crippen LogP contribution is -1.99.